The zero-order valence-corrected chi connectivity index (χ0v) is 24.4. The van der Waals surface area contributed by atoms with E-state index in [4.69, 9.17) is 28.4 Å². The third-order valence-electron chi connectivity index (χ3n) is 6.00. The zero-order valence-electron chi connectivity index (χ0n) is 24.4. The van der Waals surface area contributed by atoms with Crippen LogP contribution in [0.3, 0.4) is 0 Å². The predicted molar refractivity (Wildman–Crippen MR) is 142 cm³/mol. The monoisotopic (exact) mass is 574 g/mol. The van der Waals surface area contributed by atoms with E-state index in [1.165, 1.54) is 27.7 Å². The fourth-order valence-electron chi connectivity index (χ4n) is 4.24. The van der Waals surface area contributed by atoms with Gasteiger partial charge in [-0.3, -0.25) is 24.0 Å². The van der Waals surface area contributed by atoms with Crippen LogP contribution < -0.4 is 10.6 Å². The molecular formula is C27H46N2O11. The van der Waals surface area contributed by atoms with Crippen molar-refractivity contribution in [2.24, 2.45) is 0 Å². The topological polar surface area (TPSA) is 165 Å². The highest BCUT2D eigenvalue weighted by Gasteiger charge is 2.51. The Morgan fingerprint density at radius 1 is 0.750 bits per heavy atom. The average Bonchev–Trinajstić information content (AvgIpc) is 2.86. The minimum atomic E-state index is -1.17. The van der Waals surface area contributed by atoms with Crippen molar-refractivity contribution < 1.29 is 52.4 Å². The Balaban J connectivity index is 2.65. The number of esters is 3. The number of unbranched alkanes of at least 4 members (excludes halogenated alkanes) is 5. The molecule has 1 aliphatic rings. The summed E-state index contributed by atoms with van der Waals surface area (Å²) in [5.41, 5.74) is 0. The number of hydrogen-bond donors (Lipinski definition) is 2. The number of methoxy groups -OCH3 is 1. The third kappa shape index (κ3) is 15.1. The highest BCUT2D eigenvalue weighted by atomic mass is 16.7. The van der Waals surface area contributed by atoms with Crippen LogP contribution in [0, 0.1) is 0 Å². The number of carbonyl (C=O) groups excluding carboxylic acids is 5. The summed E-state index contributed by atoms with van der Waals surface area (Å²) >= 11 is 0. The number of carbonyl (C=O) groups is 5. The first-order valence-corrected chi connectivity index (χ1v) is 13.8. The lowest BCUT2D eigenvalue weighted by Crippen LogP contribution is -2.66. The van der Waals surface area contributed by atoms with Gasteiger partial charge in [-0.15, -0.1) is 0 Å². The van der Waals surface area contributed by atoms with E-state index in [0.717, 1.165) is 32.3 Å². The molecule has 1 saturated heterocycles. The van der Waals surface area contributed by atoms with Crippen LogP contribution in [0.5, 0.6) is 0 Å². The maximum Gasteiger partial charge on any atom is 0.303 e. The summed E-state index contributed by atoms with van der Waals surface area (Å²) in [6.45, 7) is 6.19. The highest BCUT2D eigenvalue weighted by Crippen LogP contribution is 2.28. The molecule has 230 valence electrons. The van der Waals surface area contributed by atoms with Gasteiger partial charge in [-0.2, -0.15) is 0 Å². The normalized spacial score (nSPS) is 22.2. The molecule has 2 amide bonds. The molecule has 1 aliphatic heterocycles. The second-order valence-corrected chi connectivity index (χ2v) is 9.66. The van der Waals surface area contributed by atoms with Crippen LogP contribution in [0.1, 0.15) is 79.1 Å². The Bertz CT molecular complexity index is 807. The lowest BCUT2D eigenvalue weighted by atomic mass is 9.96. The van der Waals surface area contributed by atoms with Gasteiger partial charge in [0.1, 0.15) is 18.8 Å². The smallest absolute Gasteiger partial charge is 0.303 e. The molecule has 0 aromatic heterocycles. The maximum absolute atomic E-state index is 12.0. The molecule has 40 heavy (non-hydrogen) atoms. The van der Waals surface area contributed by atoms with Crippen molar-refractivity contribution in [2.75, 3.05) is 33.5 Å². The van der Waals surface area contributed by atoms with Crippen LogP contribution in [0.15, 0.2) is 0 Å². The van der Waals surface area contributed by atoms with Gasteiger partial charge < -0.3 is 39.1 Å². The number of amides is 2. The highest BCUT2D eigenvalue weighted by molar-refractivity contribution is 5.75. The van der Waals surface area contributed by atoms with Crippen molar-refractivity contribution in [3.8, 4) is 0 Å². The molecule has 0 saturated carbocycles. The van der Waals surface area contributed by atoms with Crippen molar-refractivity contribution in [3.05, 3.63) is 0 Å². The first-order valence-electron chi connectivity index (χ1n) is 13.8. The van der Waals surface area contributed by atoms with Crippen LogP contribution in [0.4, 0.5) is 0 Å². The van der Waals surface area contributed by atoms with E-state index >= 15 is 0 Å². The molecule has 13 heteroatoms. The van der Waals surface area contributed by atoms with E-state index < -0.39 is 54.5 Å². The summed E-state index contributed by atoms with van der Waals surface area (Å²) in [5, 5.41) is 5.59. The van der Waals surface area contributed by atoms with Crippen LogP contribution in [-0.4, -0.2) is 93.8 Å². The number of ether oxygens (including phenoxy) is 6. The molecule has 0 bridgehead atoms. The van der Waals surface area contributed by atoms with E-state index in [1.54, 1.807) is 7.11 Å². The minimum absolute atomic E-state index is 0.00759. The van der Waals surface area contributed by atoms with Gasteiger partial charge in [0.15, 0.2) is 18.5 Å². The number of rotatable bonds is 19. The van der Waals surface area contributed by atoms with Crippen LogP contribution in [0.2, 0.25) is 0 Å². The van der Waals surface area contributed by atoms with E-state index in [-0.39, 0.29) is 19.1 Å². The van der Waals surface area contributed by atoms with Gasteiger partial charge in [-0.1, -0.05) is 19.3 Å². The van der Waals surface area contributed by atoms with Crippen LogP contribution >= 0.6 is 0 Å². The van der Waals surface area contributed by atoms with Crippen molar-refractivity contribution in [1.82, 2.24) is 10.6 Å². The van der Waals surface area contributed by atoms with E-state index in [9.17, 15) is 24.0 Å². The molecule has 2 N–H and O–H groups in total. The lowest BCUT2D eigenvalue weighted by Gasteiger charge is -2.44. The van der Waals surface area contributed by atoms with Crippen molar-refractivity contribution >= 4 is 29.7 Å². The molecule has 0 radical (unpaired) electrons. The first kappa shape index (κ1) is 35.3. The molecule has 1 rings (SSSR count). The third-order valence-corrected chi connectivity index (χ3v) is 6.00. The molecular weight excluding hydrogens is 528 g/mol. The lowest BCUT2D eigenvalue weighted by molar-refractivity contribution is -0.277. The van der Waals surface area contributed by atoms with E-state index in [0.29, 0.717) is 32.2 Å². The van der Waals surface area contributed by atoms with Gasteiger partial charge in [-0.05, 0) is 25.7 Å². The Hall–Kier alpha value is -2.77. The summed E-state index contributed by atoms with van der Waals surface area (Å²) in [7, 11) is 1.69. The zero-order chi connectivity index (χ0) is 29.9. The molecule has 5 atom stereocenters. The second kappa shape index (κ2) is 20.2. The van der Waals surface area contributed by atoms with Gasteiger partial charge >= 0.3 is 17.9 Å². The second-order valence-electron chi connectivity index (χ2n) is 9.66. The van der Waals surface area contributed by atoms with Crippen molar-refractivity contribution in [1.29, 1.82) is 0 Å². The Kier molecular flexibility index (Phi) is 17.8. The van der Waals surface area contributed by atoms with Crippen molar-refractivity contribution in [2.45, 2.75) is 110 Å². The van der Waals surface area contributed by atoms with Gasteiger partial charge in [0.05, 0.1) is 0 Å². The molecule has 0 aromatic carbocycles. The van der Waals surface area contributed by atoms with Crippen LogP contribution in [0.25, 0.3) is 0 Å². The summed E-state index contributed by atoms with van der Waals surface area (Å²) in [6.07, 6.45) is 2.03. The van der Waals surface area contributed by atoms with Gasteiger partial charge in [0.25, 0.3) is 0 Å². The minimum Gasteiger partial charge on any atom is -0.463 e. The molecule has 0 aromatic rings. The fraction of sp³-hybridized carbons (Fsp3) is 0.815. The van der Waals surface area contributed by atoms with E-state index in [1.807, 2.05) is 0 Å². The molecule has 13 nitrogen and oxygen atoms in total. The predicted octanol–water partition coefficient (Wildman–Crippen LogP) is 1.54. The van der Waals surface area contributed by atoms with Gasteiger partial charge in [0.2, 0.25) is 11.8 Å². The summed E-state index contributed by atoms with van der Waals surface area (Å²) in [4.78, 5) is 59.1. The summed E-state index contributed by atoms with van der Waals surface area (Å²) in [6, 6.07) is -1.00. The average molecular weight is 575 g/mol. The molecule has 5 unspecified atom stereocenters. The quantitative estimate of drug-likeness (QED) is 0.131. The molecule has 1 fully saturated rings. The van der Waals surface area contributed by atoms with Gasteiger partial charge in [0, 0.05) is 61.0 Å². The van der Waals surface area contributed by atoms with Gasteiger partial charge in [-0.25, -0.2) is 0 Å². The first-order chi connectivity index (χ1) is 19.0. The number of hydrogen-bond acceptors (Lipinski definition) is 11. The van der Waals surface area contributed by atoms with E-state index in [2.05, 4.69) is 10.6 Å². The molecule has 0 spiro atoms. The largest absolute Gasteiger partial charge is 0.463 e. The molecule has 0 aliphatic carbocycles. The standard InChI is InChI=1S/C27H46N2O11/c1-18(30)29-24-26(39-21(4)33)25(38-20(3)32)22(17-37-19(2)31)40-27(24)36-16-12-8-9-13-23(34)28-14-10-6-7-11-15-35-5/h22,24-27H,6-17H2,1-5H3,(H,28,34)(H,29,30). The fourth-order valence-corrected chi connectivity index (χ4v) is 4.24. The number of nitrogens with one attached hydrogen (secondary N) is 2. The Labute approximate surface area is 236 Å². The Morgan fingerprint density at radius 3 is 2.00 bits per heavy atom. The molecule has 1 heterocycles. The maximum atomic E-state index is 12.0. The van der Waals surface area contributed by atoms with Crippen LogP contribution in [-0.2, 0) is 52.4 Å². The van der Waals surface area contributed by atoms with Crippen molar-refractivity contribution in [3.63, 3.8) is 0 Å². The summed E-state index contributed by atoms with van der Waals surface area (Å²) in [5.74, 6) is -2.37. The Morgan fingerprint density at radius 2 is 1.38 bits per heavy atom. The summed E-state index contributed by atoms with van der Waals surface area (Å²) < 4.78 is 32.7. The SMILES string of the molecule is COCCCCCCNC(=O)CCCCCOC1OC(COC(C)=O)C(OC(C)=O)C(OC(C)=O)C1NC(C)=O.